The Hall–Kier alpha value is -1.82. The van der Waals surface area contributed by atoms with E-state index in [4.69, 9.17) is 4.42 Å². The van der Waals surface area contributed by atoms with Crippen molar-refractivity contribution in [2.45, 2.75) is 25.5 Å². The summed E-state index contributed by atoms with van der Waals surface area (Å²) in [4.78, 5) is 24.8. The van der Waals surface area contributed by atoms with E-state index in [9.17, 15) is 14.7 Å². The molecule has 0 spiro atoms. The van der Waals surface area contributed by atoms with Crippen LogP contribution in [0.25, 0.3) is 0 Å². The number of nitrogens with zero attached hydrogens (tertiary/aromatic N) is 1. The van der Waals surface area contributed by atoms with E-state index < -0.39 is 23.6 Å². The molecule has 17 heavy (non-hydrogen) atoms. The number of carbonyl (C=O) groups is 2. The number of β-amino-alcohol motifs (C(OH)–C–C–N with tert-alkyl or cyclic N) is 1. The zero-order valence-corrected chi connectivity index (χ0v) is 9.64. The summed E-state index contributed by atoms with van der Waals surface area (Å²) >= 11 is 0. The molecule has 0 aliphatic carbocycles. The fraction of sp³-hybridized carbons (Fsp3) is 0.455. The van der Waals surface area contributed by atoms with Gasteiger partial charge in [0.2, 0.25) is 0 Å². The number of carbonyl (C=O) groups excluding carboxylic acids is 2. The molecule has 3 amide bonds. The molecule has 2 heterocycles. The van der Waals surface area contributed by atoms with Crippen molar-refractivity contribution in [1.82, 2.24) is 10.2 Å². The molecule has 2 atom stereocenters. The zero-order valence-electron chi connectivity index (χ0n) is 9.64. The van der Waals surface area contributed by atoms with Crippen molar-refractivity contribution < 1.29 is 19.1 Å². The van der Waals surface area contributed by atoms with E-state index in [0.717, 1.165) is 4.90 Å². The molecule has 1 aliphatic heterocycles. The van der Waals surface area contributed by atoms with Gasteiger partial charge >= 0.3 is 6.03 Å². The molecular weight excluding hydrogens is 224 g/mol. The lowest BCUT2D eigenvalue weighted by atomic mass is 9.99. The topological polar surface area (TPSA) is 82.8 Å². The molecule has 6 nitrogen and oxygen atoms in total. The second-order valence-corrected chi connectivity index (χ2v) is 4.30. The highest BCUT2D eigenvalue weighted by atomic mass is 16.3. The average Bonchev–Trinajstić information content (AvgIpc) is 2.83. The molecule has 2 unspecified atom stereocenters. The van der Waals surface area contributed by atoms with Crippen LogP contribution in [0.15, 0.2) is 22.8 Å². The number of hydrogen-bond donors (Lipinski definition) is 2. The SMILES string of the molecule is CC(O)CN1C(=O)NC(C)(c2ccco2)C1=O. The van der Waals surface area contributed by atoms with E-state index in [1.807, 2.05) is 0 Å². The number of nitrogens with one attached hydrogen (secondary N) is 1. The predicted octanol–water partition coefficient (Wildman–Crippen LogP) is 0.427. The van der Waals surface area contributed by atoms with Crippen LogP contribution in [0, 0.1) is 0 Å². The van der Waals surface area contributed by atoms with Crippen LogP contribution in [0.5, 0.6) is 0 Å². The van der Waals surface area contributed by atoms with Gasteiger partial charge in [-0.25, -0.2) is 4.79 Å². The maximum absolute atomic E-state index is 12.1. The third-order valence-electron chi connectivity index (χ3n) is 2.74. The average molecular weight is 238 g/mol. The van der Waals surface area contributed by atoms with Gasteiger partial charge in [-0.2, -0.15) is 0 Å². The molecule has 1 fully saturated rings. The minimum Gasteiger partial charge on any atom is -0.466 e. The standard InChI is InChI=1S/C11H14N2O4/c1-7(14)6-13-9(15)11(2,12-10(13)16)8-4-3-5-17-8/h3-5,7,14H,6H2,1-2H3,(H,12,16). The fourth-order valence-electron chi connectivity index (χ4n) is 1.86. The van der Waals surface area contributed by atoms with Crippen LogP contribution in [-0.4, -0.2) is 34.6 Å². The molecule has 1 saturated heterocycles. The molecule has 1 aromatic heterocycles. The highest BCUT2D eigenvalue weighted by Gasteiger charge is 2.50. The van der Waals surface area contributed by atoms with Crippen molar-refractivity contribution >= 4 is 11.9 Å². The molecule has 92 valence electrons. The van der Waals surface area contributed by atoms with E-state index in [1.54, 1.807) is 19.1 Å². The number of furan rings is 1. The number of urea groups is 1. The maximum atomic E-state index is 12.1. The Kier molecular flexibility index (Phi) is 2.66. The summed E-state index contributed by atoms with van der Waals surface area (Å²) in [7, 11) is 0. The predicted molar refractivity (Wildman–Crippen MR) is 58.0 cm³/mol. The third kappa shape index (κ3) is 1.80. The van der Waals surface area contributed by atoms with Gasteiger partial charge in [0.25, 0.3) is 5.91 Å². The first kappa shape index (κ1) is 11.7. The second kappa shape index (κ2) is 3.89. The van der Waals surface area contributed by atoms with Crippen molar-refractivity contribution in [3.63, 3.8) is 0 Å². The quantitative estimate of drug-likeness (QED) is 0.748. The summed E-state index contributed by atoms with van der Waals surface area (Å²) in [5.74, 6) is -0.0395. The highest BCUT2D eigenvalue weighted by molar-refractivity contribution is 6.06. The summed E-state index contributed by atoms with van der Waals surface area (Å²) in [6.45, 7) is 3.07. The van der Waals surface area contributed by atoms with Crippen molar-refractivity contribution in [1.29, 1.82) is 0 Å². The van der Waals surface area contributed by atoms with Gasteiger partial charge < -0.3 is 14.8 Å². The molecule has 2 rings (SSSR count). The van der Waals surface area contributed by atoms with Gasteiger partial charge in [-0.1, -0.05) is 0 Å². The molecule has 0 radical (unpaired) electrons. The van der Waals surface area contributed by atoms with Crippen molar-refractivity contribution in [3.8, 4) is 0 Å². The first-order valence-electron chi connectivity index (χ1n) is 5.31. The Morgan fingerprint density at radius 2 is 2.29 bits per heavy atom. The Labute approximate surface area is 98.2 Å². The van der Waals surface area contributed by atoms with Gasteiger partial charge in [-0.3, -0.25) is 9.69 Å². The minimum absolute atomic E-state index is 0.0268. The number of aliphatic hydroxyl groups excluding tert-OH is 1. The third-order valence-corrected chi connectivity index (χ3v) is 2.74. The summed E-state index contributed by atoms with van der Waals surface area (Å²) in [5, 5.41) is 11.8. The van der Waals surface area contributed by atoms with Gasteiger partial charge in [0, 0.05) is 0 Å². The number of aliphatic hydroxyl groups is 1. The van der Waals surface area contributed by atoms with Crippen LogP contribution < -0.4 is 5.32 Å². The lowest BCUT2D eigenvalue weighted by Crippen LogP contribution is -2.41. The van der Waals surface area contributed by atoms with Gasteiger partial charge in [0.05, 0.1) is 18.9 Å². The molecule has 1 aromatic rings. The largest absolute Gasteiger partial charge is 0.466 e. The van der Waals surface area contributed by atoms with E-state index in [0.29, 0.717) is 5.76 Å². The minimum atomic E-state index is -1.19. The van der Waals surface area contributed by atoms with Gasteiger partial charge in [0.15, 0.2) is 5.54 Å². The molecule has 2 N–H and O–H groups in total. The van der Waals surface area contributed by atoms with E-state index in [1.165, 1.54) is 13.2 Å². The molecule has 0 bridgehead atoms. The van der Waals surface area contributed by atoms with Crippen molar-refractivity contribution in [2.24, 2.45) is 0 Å². The molecule has 1 aliphatic rings. The summed E-state index contributed by atoms with van der Waals surface area (Å²) < 4.78 is 5.17. The summed E-state index contributed by atoms with van der Waals surface area (Å²) in [6.07, 6.45) is 0.681. The van der Waals surface area contributed by atoms with Crippen LogP contribution >= 0.6 is 0 Å². The van der Waals surface area contributed by atoms with Crippen LogP contribution in [0.3, 0.4) is 0 Å². The first-order chi connectivity index (χ1) is 7.95. The molecule has 6 heteroatoms. The number of amides is 3. The Balaban J connectivity index is 2.29. The maximum Gasteiger partial charge on any atom is 0.325 e. The van der Waals surface area contributed by atoms with Crippen LogP contribution in [0.4, 0.5) is 4.79 Å². The second-order valence-electron chi connectivity index (χ2n) is 4.30. The number of imide groups is 1. The van der Waals surface area contributed by atoms with Gasteiger partial charge in [-0.15, -0.1) is 0 Å². The fourth-order valence-corrected chi connectivity index (χ4v) is 1.86. The normalized spacial score (nSPS) is 26.2. The summed E-state index contributed by atoms with van der Waals surface area (Å²) in [6, 6.07) is 2.76. The summed E-state index contributed by atoms with van der Waals surface area (Å²) in [5.41, 5.74) is -1.19. The van der Waals surface area contributed by atoms with Crippen LogP contribution in [0.1, 0.15) is 19.6 Å². The van der Waals surface area contributed by atoms with E-state index in [2.05, 4.69) is 5.32 Å². The van der Waals surface area contributed by atoms with E-state index >= 15 is 0 Å². The number of rotatable bonds is 3. The monoisotopic (exact) mass is 238 g/mol. The molecular formula is C11H14N2O4. The lowest BCUT2D eigenvalue weighted by Gasteiger charge is -2.19. The Morgan fingerprint density at radius 3 is 2.82 bits per heavy atom. The Morgan fingerprint density at radius 1 is 1.59 bits per heavy atom. The molecule has 0 saturated carbocycles. The van der Waals surface area contributed by atoms with Crippen LogP contribution in [0.2, 0.25) is 0 Å². The molecule has 0 aromatic carbocycles. The Bertz CT molecular complexity index is 440. The van der Waals surface area contributed by atoms with Gasteiger partial charge in [-0.05, 0) is 26.0 Å². The first-order valence-corrected chi connectivity index (χ1v) is 5.31. The van der Waals surface area contributed by atoms with Crippen LogP contribution in [-0.2, 0) is 10.3 Å². The highest BCUT2D eigenvalue weighted by Crippen LogP contribution is 2.28. The van der Waals surface area contributed by atoms with Crippen molar-refractivity contribution in [2.75, 3.05) is 6.54 Å². The van der Waals surface area contributed by atoms with Crippen molar-refractivity contribution in [3.05, 3.63) is 24.2 Å². The zero-order chi connectivity index (χ0) is 12.6. The number of hydrogen-bond acceptors (Lipinski definition) is 4. The lowest BCUT2D eigenvalue weighted by molar-refractivity contribution is -0.132. The van der Waals surface area contributed by atoms with E-state index in [-0.39, 0.29) is 6.54 Å². The van der Waals surface area contributed by atoms with Gasteiger partial charge in [0.1, 0.15) is 5.76 Å². The smallest absolute Gasteiger partial charge is 0.325 e.